The second-order valence-corrected chi connectivity index (χ2v) is 3.32. The minimum atomic E-state index is 0.518. The van der Waals surface area contributed by atoms with Crippen LogP contribution in [0.25, 0.3) is 0 Å². The molecule has 74 valence electrons. The van der Waals surface area contributed by atoms with E-state index in [1.165, 1.54) is 12.8 Å². The van der Waals surface area contributed by atoms with Gasteiger partial charge in [-0.15, -0.1) is 0 Å². The van der Waals surface area contributed by atoms with Crippen LogP contribution in [0, 0.1) is 5.92 Å². The van der Waals surface area contributed by atoms with Crippen LogP contribution < -0.4 is 5.32 Å². The normalized spacial score (nSPS) is 16.0. The Morgan fingerprint density at radius 1 is 1.33 bits per heavy atom. The van der Waals surface area contributed by atoms with E-state index in [4.69, 9.17) is 4.74 Å². The van der Waals surface area contributed by atoms with Crippen LogP contribution in [0.15, 0.2) is 0 Å². The number of hydrogen-bond acceptors (Lipinski definition) is 2. The predicted octanol–water partition coefficient (Wildman–Crippen LogP) is 2.05. The van der Waals surface area contributed by atoms with Crippen molar-refractivity contribution in [1.29, 1.82) is 0 Å². The molecule has 1 N–H and O–H groups in total. The van der Waals surface area contributed by atoms with Crippen LogP contribution in [0.3, 0.4) is 0 Å². The fourth-order valence-electron chi connectivity index (χ4n) is 1.43. The van der Waals surface area contributed by atoms with E-state index in [1.54, 1.807) is 0 Å². The van der Waals surface area contributed by atoms with Gasteiger partial charge < -0.3 is 10.1 Å². The van der Waals surface area contributed by atoms with Gasteiger partial charge in [0.1, 0.15) is 0 Å². The second-order valence-electron chi connectivity index (χ2n) is 3.32. The van der Waals surface area contributed by atoms with Crippen molar-refractivity contribution in [2.45, 2.75) is 39.7 Å². The number of likely N-dealkylation sites (N-methyl/N-ethyl adjacent to an activating group) is 1. The quantitative estimate of drug-likeness (QED) is 0.636. The van der Waals surface area contributed by atoms with Crippen LogP contribution in [0.1, 0.15) is 33.6 Å². The first kappa shape index (κ1) is 11.9. The van der Waals surface area contributed by atoms with Crippen LogP contribution in [-0.4, -0.2) is 26.3 Å². The van der Waals surface area contributed by atoms with Gasteiger partial charge in [-0.05, 0) is 26.3 Å². The highest BCUT2D eigenvalue weighted by Crippen LogP contribution is 2.10. The van der Waals surface area contributed by atoms with Gasteiger partial charge in [-0.2, -0.15) is 0 Å². The van der Waals surface area contributed by atoms with Gasteiger partial charge >= 0.3 is 0 Å². The Labute approximate surface area is 76.7 Å². The SMILES string of the molecule is CCCC(C)C(COCC)NC. The first-order valence-electron chi connectivity index (χ1n) is 5.01. The molecule has 12 heavy (non-hydrogen) atoms. The van der Waals surface area contributed by atoms with Gasteiger partial charge in [0.05, 0.1) is 6.61 Å². The lowest BCUT2D eigenvalue weighted by atomic mass is 9.98. The van der Waals surface area contributed by atoms with E-state index in [1.807, 2.05) is 14.0 Å². The molecule has 2 atom stereocenters. The van der Waals surface area contributed by atoms with Gasteiger partial charge in [0.15, 0.2) is 0 Å². The van der Waals surface area contributed by atoms with E-state index >= 15 is 0 Å². The summed E-state index contributed by atoms with van der Waals surface area (Å²) in [5.41, 5.74) is 0. The van der Waals surface area contributed by atoms with Gasteiger partial charge in [-0.3, -0.25) is 0 Å². The maximum absolute atomic E-state index is 5.39. The third-order valence-electron chi connectivity index (χ3n) is 2.30. The molecular weight excluding hydrogens is 150 g/mol. The van der Waals surface area contributed by atoms with Crippen LogP contribution in [0.5, 0.6) is 0 Å². The lowest BCUT2D eigenvalue weighted by molar-refractivity contribution is 0.107. The molecule has 0 radical (unpaired) electrons. The molecule has 0 heterocycles. The van der Waals surface area contributed by atoms with Crippen LogP contribution in [0.2, 0.25) is 0 Å². The Morgan fingerprint density at radius 3 is 2.42 bits per heavy atom. The second kappa shape index (κ2) is 7.56. The molecule has 0 aliphatic heterocycles. The van der Waals surface area contributed by atoms with Crippen molar-refractivity contribution in [2.75, 3.05) is 20.3 Å². The molecule has 0 amide bonds. The molecule has 0 fully saturated rings. The molecule has 2 heteroatoms. The van der Waals surface area contributed by atoms with E-state index in [0.29, 0.717) is 12.0 Å². The molecule has 0 saturated carbocycles. The van der Waals surface area contributed by atoms with E-state index < -0.39 is 0 Å². The molecule has 2 nitrogen and oxygen atoms in total. The lowest BCUT2D eigenvalue weighted by Crippen LogP contribution is -2.36. The molecule has 0 rings (SSSR count). The van der Waals surface area contributed by atoms with E-state index in [2.05, 4.69) is 19.2 Å². The first-order valence-corrected chi connectivity index (χ1v) is 5.01. The minimum absolute atomic E-state index is 0.518. The molecule has 0 aromatic heterocycles. The summed E-state index contributed by atoms with van der Waals surface area (Å²) in [7, 11) is 2.01. The van der Waals surface area contributed by atoms with E-state index in [0.717, 1.165) is 13.2 Å². The summed E-state index contributed by atoms with van der Waals surface area (Å²) in [6.07, 6.45) is 2.53. The highest BCUT2D eigenvalue weighted by Gasteiger charge is 2.13. The van der Waals surface area contributed by atoms with E-state index in [-0.39, 0.29) is 0 Å². The predicted molar refractivity (Wildman–Crippen MR) is 53.4 cm³/mol. The molecule has 0 saturated heterocycles. The Balaban J connectivity index is 3.62. The monoisotopic (exact) mass is 173 g/mol. The largest absolute Gasteiger partial charge is 0.380 e. The Morgan fingerprint density at radius 2 is 2.00 bits per heavy atom. The molecule has 0 aromatic carbocycles. The smallest absolute Gasteiger partial charge is 0.0621 e. The molecule has 0 aromatic rings. The van der Waals surface area contributed by atoms with Gasteiger partial charge in [-0.25, -0.2) is 0 Å². The maximum Gasteiger partial charge on any atom is 0.0621 e. The van der Waals surface area contributed by atoms with Crippen molar-refractivity contribution in [2.24, 2.45) is 5.92 Å². The third kappa shape index (κ3) is 4.73. The number of hydrogen-bond donors (Lipinski definition) is 1. The highest BCUT2D eigenvalue weighted by molar-refractivity contribution is 4.70. The Bertz CT molecular complexity index is 95.8. The molecule has 0 aliphatic rings. The van der Waals surface area contributed by atoms with Gasteiger partial charge in [0.25, 0.3) is 0 Å². The lowest BCUT2D eigenvalue weighted by Gasteiger charge is -2.22. The fourth-order valence-corrected chi connectivity index (χ4v) is 1.43. The molecular formula is C10H23NO. The van der Waals surface area contributed by atoms with Gasteiger partial charge in [-0.1, -0.05) is 20.3 Å². The van der Waals surface area contributed by atoms with Crippen molar-refractivity contribution in [3.63, 3.8) is 0 Å². The summed E-state index contributed by atoms with van der Waals surface area (Å²) in [4.78, 5) is 0. The maximum atomic E-state index is 5.39. The van der Waals surface area contributed by atoms with Crippen LogP contribution in [-0.2, 0) is 4.74 Å². The topological polar surface area (TPSA) is 21.3 Å². The van der Waals surface area contributed by atoms with Crippen molar-refractivity contribution in [1.82, 2.24) is 5.32 Å². The van der Waals surface area contributed by atoms with Crippen LogP contribution in [0.4, 0.5) is 0 Å². The summed E-state index contributed by atoms with van der Waals surface area (Å²) in [6.45, 7) is 8.20. The summed E-state index contributed by atoms with van der Waals surface area (Å²) in [5, 5.41) is 3.30. The fraction of sp³-hybridized carbons (Fsp3) is 1.00. The number of ether oxygens (including phenoxy) is 1. The third-order valence-corrected chi connectivity index (χ3v) is 2.30. The number of nitrogens with one attached hydrogen (secondary N) is 1. The first-order chi connectivity index (χ1) is 5.76. The Kier molecular flexibility index (Phi) is 7.51. The Hall–Kier alpha value is -0.0800. The minimum Gasteiger partial charge on any atom is -0.380 e. The van der Waals surface area contributed by atoms with Gasteiger partial charge in [0.2, 0.25) is 0 Å². The summed E-state index contributed by atoms with van der Waals surface area (Å²) in [6, 6.07) is 0.518. The van der Waals surface area contributed by atoms with Crippen molar-refractivity contribution in [3.8, 4) is 0 Å². The van der Waals surface area contributed by atoms with Crippen molar-refractivity contribution >= 4 is 0 Å². The summed E-state index contributed by atoms with van der Waals surface area (Å²) < 4.78 is 5.39. The highest BCUT2D eigenvalue weighted by atomic mass is 16.5. The van der Waals surface area contributed by atoms with E-state index in [9.17, 15) is 0 Å². The number of rotatable bonds is 7. The zero-order valence-electron chi connectivity index (χ0n) is 8.89. The summed E-state index contributed by atoms with van der Waals surface area (Å²) in [5.74, 6) is 0.714. The molecule has 0 spiro atoms. The molecule has 2 unspecified atom stereocenters. The van der Waals surface area contributed by atoms with Crippen molar-refractivity contribution < 1.29 is 4.74 Å². The standard InChI is InChI=1S/C10H23NO/c1-5-7-9(3)10(11-4)8-12-6-2/h9-11H,5-8H2,1-4H3. The molecule has 0 bridgehead atoms. The van der Waals surface area contributed by atoms with Gasteiger partial charge in [0, 0.05) is 12.6 Å². The molecule has 0 aliphatic carbocycles. The van der Waals surface area contributed by atoms with Crippen LogP contribution >= 0.6 is 0 Å². The average Bonchev–Trinajstić information content (AvgIpc) is 2.06. The zero-order chi connectivity index (χ0) is 9.40. The average molecular weight is 173 g/mol. The van der Waals surface area contributed by atoms with Crippen molar-refractivity contribution in [3.05, 3.63) is 0 Å². The summed E-state index contributed by atoms with van der Waals surface area (Å²) >= 11 is 0. The zero-order valence-corrected chi connectivity index (χ0v) is 8.89.